The van der Waals surface area contributed by atoms with Crippen LogP contribution in [-0.4, -0.2) is 45.6 Å². The normalized spacial score (nSPS) is 13.7. The highest BCUT2D eigenvalue weighted by molar-refractivity contribution is 5.97. The third kappa shape index (κ3) is 2.89. The second-order valence-electron chi connectivity index (χ2n) is 7.00. The van der Waals surface area contributed by atoms with Crippen LogP contribution >= 0.6 is 0 Å². The molecule has 1 aliphatic rings. The standard InChI is InChI=1S/C21H18N6O2/c1-25-10-11-26(21-20(25)23-14-6-2-3-7-15(14)24-21)19(29)13-27-17-9-5-4-8-16(17)22-12-18(27)28/h2-9,12H,10-11,13H2,1H3. The molecule has 0 spiro atoms. The Morgan fingerprint density at radius 2 is 1.59 bits per heavy atom. The number of fused-ring (bicyclic) bond motifs is 3. The van der Waals surface area contributed by atoms with Gasteiger partial charge < -0.3 is 4.90 Å². The highest BCUT2D eigenvalue weighted by Crippen LogP contribution is 2.30. The van der Waals surface area contributed by atoms with Gasteiger partial charge in [-0.15, -0.1) is 0 Å². The molecule has 0 saturated heterocycles. The first-order valence-corrected chi connectivity index (χ1v) is 9.35. The molecule has 29 heavy (non-hydrogen) atoms. The molecule has 0 N–H and O–H groups in total. The summed E-state index contributed by atoms with van der Waals surface area (Å²) in [6.45, 7) is 1.03. The van der Waals surface area contributed by atoms with Gasteiger partial charge in [0.25, 0.3) is 5.56 Å². The van der Waals surface area contributed by atoms with Crippen LogP contribution in [0.15, 0.2) is 59.5 Å². The van der Waals surface area contributed by atoms with Crippen LogP contribution in [0.5, 0.6) is 0 Å². The van der Waals surface area contributed by atoms with Crippen LogP contribution in [0.25, 0.3) is 22.1 Å². The number of carbonyl (C=O) groups excluding carboxylic acids is 1. The quantitative estimate of drug-likeness (QED) is 0.523. The topological polar surface area (TPSA) is 84.2 Å². The fourth-order valence-corrected chi connectivity index (χ4v) is 3.62. The van der Waals surface area contributed by atoms with Crippen molar-refractivity contribution in [3.8, 4) is 0 Å². The summed E-state index contributed by atoms with van der Waals surface area (Å²) < 4.78 is 1.46. The van der Waals surface area contributed by atoms with Crippen LogP contribution in [0.3, 0.4) is 0 Å². The Bertz CT molecular complexity index is 1320. The summed E-state index contributed by atoms with van der Waals surface area (Å²) in [6, 6.07) is 14.9. The predicted molar refractivity (Wildman–Crippen MR) is 111 cm³/mol. The van der Waals surface area contributed by atoms with E-state index in [1.54, 1.807) is 11.0 Å². The summed E-state index contributed by atoms with van der Waals surface area (Å²) in [5.41, 5.74) is 2.50. The van der Waals surface area contributed by atoms with E-state index in [9.17, 15) is 9.59 Å². The number of nitrogens with zero attached hydrogens (tertiary/aromatic N) is 6. The molecule has 1 amide bonds. The zero-order chi connectivity index (χ0) is 20.0. The Hall–Kier alpha value is -3.81. The Morgan fingerprint density at radius 1 is 0.931 bits per heavy atom. The highest BCUT2D eigenvalue weighted by Gasteiger charge is 2.29. The first-order valence-electron chi connectivity index (χ1n) is 9.35. The zero-order valence-corrected chi connectivity index (χ0v) is 15.8. The van der Waals surface area contributed by atoms with Crippen molar-refractivity contribution in [2.45, 2.75) is 6.54 Å². The van der Waals surface area contributed by atoms with Crippen LogP contribution in [0.1, 0.15) is 0 Å². The summed E-state index contributed by atoms with van der Waals surface area (Å²) >= 11 is 0. The fourth-order valence-electron chi connectivity index (χ4n) is 3.62. The Labute approximate surface area is 166 Å². The first kappa shape index (κ1) is 17.3. The van der Waals surface area contributed by atoms with Crippen molar-refractivity contribution in [2.75, 3.05) is 29.9 Å². The number of aromatic nitrogens is 4. The van der Waals surface area contributed by atoms with Gasteiger partial charge >= 0.3 is 0 Å². The molecule has 0 saturated carbocycles. The van der Waals surface area contributed by atoms with Crippen LogP contribution in [0.2, 0.25) is 0 Å². The number of anilines is 2. The van der Waals surface area contributed by atoms with Crippen LogP contribution < -0.4 is 15.4 Å². The van der Waals surface area contributed by atoms with Gasteiger partial charge in [-0.2, -0.15) is 0 Å². The minimum Gasteiger partial charge on any atom is -0.355 e. The van der Waals surface area contributed by atoms with E-state index in [0.717, 1.165) is 11.0 Å². The lowest BCUT2D eigenvalue weighted by Crippen LogP contribution is -2.45. The van der Waals surface area contributed by atoms with Gasteiger partial charge in [-0.25, -0.2) is 15.0 Å². The largest absolute Gasteiger partial charge is 0.355 e. The number of para-hydroxylation sites is 4. The number of likely N-dealkylation sites (N-methyl/N-ethyl adjacent to an activating group) is 1. The average Bonchev–Trinajstić information content (AvgIpc) is 2.75. The van der Waals surface area contributed by atoms with Gasteiger partial charge in [0.15, 0.2) is 11.6 Å². The predicted octanol–water partition coefficient (Wildman–Crippen LogP) is 1.82. The molecule has 4 aromatic rings. The zero-order valence-electron chi connectivity index (χ0n) is 15.8. The molecule has 0 bridgehead atoms. The van der Waals surface area contributed by atoms with E-state index in [2.05, 4.69) is 4.98 Å². The number of hydrogen-bond acceptors (Lipinski definition) is 6. The van der Waals surface area contributed by atoms with Gasteiger partial charge in [-0.1, -0.05) is 24.3 Å². The minimum absolute atomic E-state index is 0.0838. The van der Waals surface area contributed by atoms with Crippen LogP contribution in [-0.2, 0) is 11.3 Å². The Kier molecular flexibility index (Phi) is 3.97. The molecule has 1 aliphatic heterocycles. The van der Waals surface area contributed by atoms with E-state index in [4.69, 9.17) is 9.97 Å². The van der Waals surface area contributed by atoms with Crippen molar-refractivity contribution in [3.05, 3.63) is 65.1 Å². The molecule has 144 valence electrons. The van der Waals surface area contributed by atoms with E-state index in [0.29, 0.717) is 35.8 Å². The number of benzene rings is 2. The van der Waals surface area contributed by atoms with Gasteiger partial charge in [0.2, 0.25) is 5.91 Å². The maximum absolute atomic E-state index is 13.2. The molecular formula is C21H18N6O2. The maximum atomic E-state index is 13.2. The van der Waals surface area contributed by atoms with E-state index in [-0.39, 0.29) is 18.0 Å². The van der Waals surface area contributed by atoms with Gasteiger partial charge in [0.1, 0.15) is 6.54 Å². The van der Waals surface area contributed by atoms with Gasteiger partial charge in [0.05, 0.1) is 28.3 Å². The molecule has 0 aliphatic carbocycles. The van der Waals surface area contributed by atoms with E-state index in [1.165, 1.54) is 10.8 Å². The summed E-state index contributed by atoms with van der Waals surface area (Å²) in [4.78, 5) is 42.8. The Balaban J connectivity index is 1.57. The highest BCUT2D eigenvalue weighted by atomic mass is 16.2. The van der Waals surface area contributed by atoms with Crippen molar-refractivity contribution in [1.29, 1.82) is 0 Å². The smallest absolute Gasteiger partial charge is 0.269 e. The molecule has 3 heterocycles. The molecule has 5 rings (SSSR count). The van der Waals surface area contributed by atoms with E-state index in [1.807, 2.05) is 54.4 Å². The van der Waals surface area contributed by atoms with Crippen molar-refractivity contribution in [3.63, 3.8) is 0 Å². The summed E-state index contributed by atoms with van der Waals surface area (Å²) in [5, 5.41) is 0. The number of hydrogen-bond donors (Lipinski definition) is 0. The van der Waals surface area contributed by atoms with E-state index >= 15 is 0 Å². The Morgan fingerprint density at radius 3 is 2.34 bits per heavy atom. The molecule has 2 aromatic heterocycles. The number of rotatable bonds is 2. The summed E-state index contributed by atoms with van der Waals surface area (Å²) in [7, 11) is 1.94. The molecule has 0 radical (unpaired) electrons. The molecule has 8 nitrogen and oxygen atoms in total. The van der Waals surface area contributed by atoms with Crippen molar-refractivity contribution >= 4 is 39.6 Å². The van der Waals surface area contributed by atoms with Gasteiger partial charge in [-0.05, 0) is 24.3 Å². The van der Waals surface area contributed by atoms with Gasteiger partial charge in [-0.3, -0.25) is 19.1 Å². The van der Waals surface area contributed by atoms with Crippen molar-refractivity contribution < 1.29 is 4.79 Å². The minimum atomic E-state index is -0.309. The van der Waals surface area contributed by atoms with E-state index < -0.39 is 0 Å². The molecule has 0 unspecified atom stereocenters. The van der Waals surface area contributed by atoms with Crippen molar-refractivity contribution in [1.82, 2.24) is 19.5 Å². The molecule has 2 aromatic carbocycles. The summed E-state index contributed by atoms with van der Waals surface area (Å²) in [5.74, 6) is 0.978. The lowest BCUT2D eigenvalue weighted by molar-refractivity contribution is -0.119. The monoisotopic (exact) mass is 386 g/mol. The second-order valence-corrected chi connectivity index (χ2v) is 7.00. The molecule has 0 fully saturated rings. The molecule has 8 heteroatoms. The first-order chi connectivity index (χ1) is 14.1. The maximum Gasteiger partial charge on any atom is 0.269 e. The lowest BCUT2D eigenvalue weighted by atomic mass is 10.2. The average molecular weight is 386 g/mol. The fraction of sp³-hybridized carbons (Fsp3) is 0.190. The van der Waals surface area contributed by atoms with Crippen molar-refractivity contribution in [2.24, 2.45) is 0 Å². The third-order valence-electron chi connectivity index (χ3n) is 5.16. The lowest BCUT2D eigenvalue weighted by Gasteiger charge is -2.33. The van der Waals surface area contributed by atoms with Crippen LogP contribution in [0.4, 0.5) is 11.6 Å². The summed E-state index contributed by atoms with van der Waals surface area (Å²) in [6.07, 6.45) is 1.25. The van der Waals surface area contributed by atoms with Crippen LogP contribution in [0, 0.1) is 0 Å². The van der Waals surface area contributed by atoms with Gasteiger partial charge in [0, 0.05) is 20.1 Å². The second kappa shape index (κ2) is 6.66. The molecule has 0 atom stereocenters. The number of carbonyl (C=O) groups is 1. The third-order valence-corrected chi connectivity index (χ3v) is 5.16. The SMILES string of the molecule is CN1CCN(C(=O)Cn2c(=O)cnc3ccccc32)c2nc3ccccc3nc21. The number of amides is 1. The molecular weight excluding hydrogens is 368 g/mol.